The Kier molecular flexibility index (Phi) is 5.07. The van der Waals surface area contributed by atoms with Crippen LogP contribution in [-0.2, 0) is 14.6 Å². The molecule has 1 aromatic rings. The van der Waals surface area contributed by atoms with Crippen molar-refractivity contribution in [3.05, 3.63) is 34.9 Å². The highest BCUT2D eigenvalue weighted by Gasteiger charge is 2.37. The third kappa shape index (κ3) is 3.65. The zero-order valence-corrected chi connectivity index (χ0v) is 14.0. The third-order valence-corrected chi connectivity index (χ3v) is 6.67. The molecule has 5 heteroatoms. The number of benzene rings is 1. The summed E-state index contributed by atoms with van der Waals surface area (Å²) >= 11 is 0. The van der Waals surface area contributed by atoms with Gasteiger partial charge in [-0.15, -0.1) is 0 Å². The second-order valence-corrected chi connectivity index (χ2v) is 8.20. The first-order chi connectivity index (χ1) is 9.85. The van der Waals surface area contributed by atoms with Crippen molar-refractivity contribution in [1.29, 1.82) is 0 Å². The van der Waals surface area contributed by atoms with Crippen molar-refractivity contribution in [3.8, 4) is 0 Å². The van der Waals surface area contributed by atoms with Crippen molar-refractivity contribution in [2.24, 2.45) is 0 Å². The number of aryl methyl sites for hydroxylation is 2. The zero-order valence-electron chi connectivity index (χ0n) is 13.2. The van der Waals surface area contributed by atoms with Gasteiger partial charge in [-0.05, 0) is 45.4 Å². The Labute approximate surface area is 127 Å². The maximum atomic E-state index is 12.7. The highest BCUT2D eigenvalue weighted by Crippen LogP contribution is 2.26. The zero-order chi connectivity index (χ0) is 15.6. The minimum atomic E-state index is -3.19. The van der Waals surface area contributed by atoms with Crippen molar-refractivity contribution in [3.63, 3.8) is 0 Å². The van der Waals surface area contributed by atoms with E-state index in [1.54, 1.807) is 0 Å². The number of hydrogen-bond donors (Lipinski definition) is 1. The van der Waals surface area contributed by atoms with Crippen LogP contribution in [0.1, 0.15) is 36.1 Å². The van der Waals surface area contributed by atoms with Crippen LogP contribution in [0.3, 0.4) is 0 Å². The van der Waals surface area contributed by atoms with E-state index >= 15 is 0 Å². The predicted molar refractivity (Wildman–Crippen MR) is 85.3 cm³/mol. The molecule has 4 nitrogen and oxygen atoms in total. The van der Waals surface area contributed by atoms with Crippen LogP contribution in [0, 0.1) is 13.8 Å². The fraction of sp³-hybridized carbons (Fsp3) is 0.625. The molecule has 0 radical (unpaired) electrons. The van der Waals surface area contributed by atoms with Crippen molar-refractivity contribution >= 4 is 9.84 Å². The van der Waals surface area contributed by atoms with Gasteiger partial charge in [0, 0.05) is 12.6 Å². The normalized spacial score (nSPS) is 24.2. The summed E-state index contributed by atoms with van der Waals surface area (Å²) in [5.74, 6) is 0.117. The van der Waals surface area contributed by atoms with Crippen LogP contribution in [0.5, 0.6) is 0 Å². The average molecular weight is 311 g/mol. The standard InChI is InChI=1S/C16H25NO3S/c1-11-5-6-12(2)14(9-11)15(17-4)10-21(18,19)16-7-8-20-13(16)3/h5-6,9,13,15-17H,7-8,10H2,1-4H3. The molecule has 3 atom stereocenters. The van der Waals surface area contributed by atoms with Gasteiger partial charge < -0.3 is 10.1 Å². The first kappa shape index (κ1) is 16.5. The fourth-order valence-electron chi connectivity index (χ4n) is 3.00. The number of hydrogen-bond acceptors (Lipinski definition) is 4. The molecule has 1 heterocycles. The van der Waals surface area contributed by atoms with Gasteiger partial charge in [0.05, 0.1) is 17.1 Å². The Morgan fingerprint density at radius 1 is 1.38 bits per heavy atom. The smallest absolute Gasteiger partial charge is 0.157 e. The van der Waals surface area contributed by atoms with Gasteiger partial charge in [0.15, 0.2) is 9.84 Å². The van der Waals surface area contributed by atoms with E-state index in [4.69, 9.17) is 4.74 Å². The Balaban J connectivity index is 2.24. The van der Waals surface area contributed by atoms with Gasteiger partial charge in [0.2, 0.25) is 0 Å². The average Bonchev–Trinajstić information content (AvgIpc) is 2.86. The molecule has 0 bridgehead atoms. The molecule has 21 heavy (non-hydrogen) atoms. The number of sulfone groups is 1. The van der Waals surface area contributed by atoms with E-state index in [0.29, 0.717) is 13.0 Å². The summed E-state index contributed by atoms with van der Waals surface area (Å²) in [6, 6.07) is 5.99. The largest absolute Gasteiger partial charge is 0.377 e. The lowest BCUT2D eigenvalue weighted by Crippen LogP contribution is -2.35. The Morgan fingerprint density at radius 2 is 2.10 bits per heavy atom. The van der Waals surface area contributed by atoms with Gasteiger partial charge in [0.25, 0.3) is 0 Å². The number of nitrogens with one attached hydrogen (secondary N) is 1. The molecule has 1 N–H and O–H groups in total. The van der Waals surface area contributed by atoms with Gasteiger partial charge in [-0.2, -0.15) is 0 Å². The Hall–Kier alpha value is -0.910. The second kappa shape index (κ2) is 6.46. The molecule has 2 rings (SSSR count). The van der Waals surface area contributed by atoms with E-state index in [0.717, 1.165) is 16.7 Å². The molecule has 0 spiro atoms. The summed E-state index contributed by atoms with van der Waals surface area (Å²) < 4.78 is 30.7. The van der Waals surface area contributed by atoms with Gasteiger partial charge in [0.1, 0.15) is 0 Å². The highest BCUT2D eigenvalue weighted by molar-refractivity contribution is 7.92. The van der Waals surface area contributed by atoms with E-state index in [-0.39, 0.29) is 23.1 Å². The van der Waals surface area contributed by atoms with Crippen molar-refractivity contribution in [1.82, 2.24) is 5.32 Å². The highest BCUT2D eigenvalue weighted by atomic mass is 32.2. The topological polar surface area (TPSA) is 55.4 Å². The van der Waals surface area contributed by atoms with E-state index < -0.39 is 9.84 Å². The van der Waals surface area contributed by atoms with Crippen LogP contribution in [-0.4, -0.2) is 39.2 Å². The summed E-state index contributed by atoms with van der Waals surface area (Å²) in [6.45, 7) is 6.43. The molecule has 1 aliphatic heterocycles. The lowest BCUT2D eigenvalue weighted by atomic mass is 10.0. The summed E-state index contributed by atoms with van der Waals surface area (Å²) in [7, 11) is -1.37. The summed E-state index contributed by atoms with van der Waals surface area (Å²) in [4.78, 5) is 0. The minimum Gasteiger partial charge on any atom is -0.377 e. The first-order valence-corrected chi connectivity index (χ1v) is 9.14. The Bertz CT molecular complexity index is 598. The van der Waals surface area contributed by atoms with Gasteiger partial charge in [-0.3, -0.25) is 0 Å². The van der Waals surface area contributed by atoms with E-state index in [1.807, 2.05) is 40.0 Å². The quantitative estimate of drug-likeness (QED) is 0.905. The van der Waals surface area contributed by atoms with Crippen LogP contribution in [0.15, 0.2) is 18.2 Å². The number of ether oxygens (including phenoxy) is 1. The van der Waals surface area contributed by atoms with Crippen molar-refractivity contribution in [2.75, 3.05) is 19.4 Å². The lowest BCUT2D eigenvalue weighted by Gasteiger charge is -2.22. The minimum absolute atomic E-state index is 0.117. The van der Waals surface area contributed by atoms with Crippen LogP contribution in [0.2, 0.25) is 0 Å². The van der Waals surface area contributed by atoms with Crippen LogP contribution >= 0.6 is 0 Å². The molecule has 0 aliphatic carbocycles. The lowest BCUT2D eigenvalue weighted by molar-refractivity contribution is 0.126. The monoisotopic (exact) mass is 311 g/mol. The Morgan fingerprint density at radius 3 is 2.67 bits per heavy atom. The maximum Gasteiger partial charge on any atom is 0.157 e. The predicted octanol–water partition coefficient (Wildman–Crippen LogP) is 2.16. The first-order valence-electron chi connectivity index (χ1n) is 7.42. The molecule has 0 aromatic heterocycles. The molecular weight excluding hydrogens is 286 g/mol. The summed E-state index contributed by atoms with van der Waals surface area (Å²) in [5.41, 5.74) is 3.32. The van der Waals surface area contributed by atoms with Gasteiger partial charge >= 0.3 is 0 Å². The maximum absolute atomic E-state index is 12.7. The molecule has 1 fully saturated rings. The van der Waals surface area contributed by atoms with Crippen LogP contribution < -0.4 is 5.32 Å². The molecule has 0 saturated carbocycles. The third-order valence-electron chi connectivity index (χ3n) is 4.33. The van der Waals surface area contributed by atoms with Gasteiger partial charge in [-0.1, -0.05) is 23.8 Å². The van der Waals surface area contributed by atoms with Crippen LogP contribution in [0.25, 0.3) is 0 Å². The van der Waals surface area contributed by atoms with E-state index in [1.165, 1.54) is 0 Å². The van der Waals surface area contributed by atoms with E-state index in [2.05, 4.69) is 11.4 Å². The molecule has 3 unspecified atom stereocenters. The molecule has 1 aromatic carbocycles. The fourth-order valence-corrected chi connectivity index (χ4v) is 5.18. The van der Waals surface area contributed by atoms with Gasteiger partial charge in [-0.25, -0.2) is 8.42 Å². The summed E-state index contributed by atoms with van der Waals surface area (Å²) in [5, 5.41) is 2.78. The molecule has 1 aliphatic rings. The van der Waals surface area contributed by atoms with Crippen LogP contribution in [0.4, 0.5) is 0 Å². The molecular formula is C16H25NO3S. The molecule has 0 amide bonds. The molecule has 1 saturated heterocycles. The summed E-state index contributed by atoms with van der Waals surface area (Å²) in [6.07, 6.45) is 0.401. The van der Waals surface area contributed by atoms with Crippen molar-refractivity contribution < 1.29 is 13.2 Å². The second-order valence-electron chi connectivity index (χ2n) is 5.93. The van der Waals surface area contributed by atoms with E-state index in [9.17, 15) is 8.42 Å². The van der Waals surface area contributed by atoms with Crippen molar-refractivity contribution in [2.45, 2.75) is 44.6 Å². The number of rotatable bonds is 5. The SMILES string of the molecule is CNC(CS(=O)(=O)C1CCOC1C)c1cc(C)ccc1C. The molecule has 118 valence electrons.